The third-order valence-corrected chi connectivity index (χ3v) is 6.26. The van der Waals surface area contributed by atoms with Crippen LogP contribution in [0.1, 0.15) is 26.7 Å². The van der Waals surface area contributed by atoms with E-state index in [9.17, 15) is 8.78 Å². The minimum atomic E-state index is -0.865. The number of rotatable bonds is 4. The maximum Gasteiger partial charge on any atom is 0.162 e. The van der Waals surface area contributed by atoms with Crippen LogP contribution in [-0.4, -0.2) is 41.6 Å². The molecule has 3 rings (SSSR count). The van der Waals surface area contributed by atoms with Gasteiger partial charge in [0.25, 0.3) is 0 Å². The Balaban J connectivity index is 1.55. The standard InChI is InChI=1S/C17H23F2NOS/c1-16(2,21-13-3-4-14(18)15(19)9-13)10-20-7-5-17(6-8-20)11-22-12-17/h3-4,9H,5-8,10-12H2,1-2H3. The molecule has 1 spiro atoms. The van der Waals surface area contributed by atoms with Crippen LogP contribution in [0.2, 0.25) is 0 Å². The number of hydrogen-bond donors (Lipinski definition) is 0. The molecule has 0 N–H and O–H groups in total. The van der Waals surface area contributed by atoms with Crippen molar-refractivity contribution >= 4 is 11.8 Å². The van der Waals surface area contributed by atoms with Crippen LogP contribution in [0.25, 0.3) is 0 Å². The second-order valence-corrected chi connectivity index (χ2v) is 8.19. The van der Waals surface area contributed by atoms with E-state index < -0.39 is 17.2 Å². The van der Waals surface area contributed by atoms with E-state index in [4.69, 9.17) is 4.74 Å². The van der Waals surface area contributed by atoms with Crippen molar-refractivity contribution in [1.29, 1.82) is 0 Å². The molecule has 22 heavy (non-hydrogen) atoms. The number of thioether (sulfide) groups is 1. The van der Waals surface area contributed by atoms with E-state index >= 15 is 0 Å². The zero-order chi connectivity index (χ0) is 15.8. The summed E-state index contributed by atoms with van der Waals surface area (Å²) in [5.41, 5.74) is 0.176. The fraction of sp³-hybridized carbons (Fsp3) is 0.647. The van der Waals surface area contributed by atoms with Gasteiger partial charge in [0.2, 0.25) is 0 Å². The number of halogens is 2. The van der Waals surface area contributed by atoms with Crippen LogP contribution in [0, 0.1) is 17.0 Å². The lowest BCUT2D eigenvalue weighted by Crippen LogP contribution is -2.51. The van der Waals surface area contributed by atoms with E-state index in [1.807, 2.05) is 13.8 Å². The highest BCUT2D eigenvalue weighted by Crippen LogP contribution is 2.46. The van der Waals surface area contributed by atoms with E-state index in [2.05, 4.69) is 16.7 Å². The average Bonchev–Trinajstić information content (AvgIpc) is 2.41. The van der Waals surface area contributed by atoms with Gasteiger partial charge >= 0.3 is 0 Å². The van der Waals surface area contributed by atoms with Gasteiger partial charge in [-0.1, -0.05) is 0 Å². The molecule has 1 aromatic rings. The van der Waals surface area contributed by atoms with Crippen LogP contribution < -0.4 is 4.74 Å². The van der Waals surface area contributed by atoms with E-state index in [1.54, 1.807) is 0 Å². The topological polar surface area (TPSA) is 12.5 Å². The molecule has 0 unspecified atom stereocenters. The number of hydrogen-bond acceptors (Lipinski definition) is 3. The Morgan fingerprint density at radius 3 is 2.41 bits per heavy atom. The molecule has 2 heterocycles. The Kier molecular flexibility index (Phi) is 4.38. The van der Waals surface area contributed by atoms with E-state index in [0.717, 1.165) is 31.8 Å². The lowest BCUT2D eigenvalue weighted by atomic mass is 9.81. The molecule has 0 radical (unpaired) electrons. The van der Waals surface area contributed by atoms with Crippen LogP contribution in [0.15, 0.2) is 18.2 Å². The van der Waals surface area contributed by atoms with Gasteiger partial charge in [0, 0.05) is 12.6 Å². The largest absolute Gasteiger partial charge is 0.486 e. The summed E-state index contributed by atoms with van der Waals surface area (Å²) in [6, 6.07) is 3.71. The van der Waals surface area contributed by atoms with Gasteiger partial charge in [-0.15, -0.1) is 0 Å². The molecule has 2 nitrogen and oxygen atoms in total. The first-order valence-corrected chi connectivity index (χ1v) is 8.97. The summed E-state index contributed by atoms with van der Waals surface area (Å²) in [6.45, 7) is 7.00. The highest BCUT2D eigenvalue weighted by molar-refractivity contribution is 8.00. The fourth-order valence-corrected chi connectivity index (χ4v) is 4.65. The monoisotopic (exact) mass is 327 g/mol. The van der Waals surface area contributed by atoms with Crippen LogP contribution >= 0.6 is 11.8 Å². The second-order valence-electron chi connectivity index (χ2n) is 7.21. The van der Waals surface area contributed by atoms with Gasteiger partial charge in [0.05, 0.1) is 0 Å². The van der Waals surface area contributed by atoms with E-state index in [-0.39, 0.29) is 0 Å². The summed E-state index contributed by atoms with van der Waals surface area (Å²) >= 11 is 2.05. The Hall–Kier alpha value is -0.810. The van der Waals surface area contributed by atoms with E-state index in [1.165, 1.54) is 30.4 Å². The first-order valence-electron chi connectivity index (χ1n) is 7.82. The molecular weight excluding hydrogens is 304 g/mol. The predicted molar refractivity (Wildman–Crippen MR) is 86.5 cm³/mol. The van der Waals surface area contributed by atoms with Gasteiger partial charge in [0.15, 0.2) is 11.6 Å². The SMILES string of the molecule is CC(C)(CN1CCC2(CC1)CSC2)Oc1ccc(F)c(F)c1. The Morgan fingerprint density at radius 2 is 1.86 bits per heavy atom. The van der Waals surface area contributed by atoms with Crippen molar-refractivity contribution < 1.29 is 13.5 Å². The minimum Gasteiger partial charge on any atom is -0.486 e. The number of likely N-dealkylation sites (tertiary alicyclic amines) is 1. The molecule has 1 aromatic carbocycles. The number of nitrogens with zero attached hydrogens (tertiary/aromatic N) is 1. The quantitative estimate of drug-likeness (QED) is 0.831. The Labute approximate surface area is 135 Å². The molecule has 2 aliphatic rings. The lowest BCUT2D eigenvalue weighted by molar-refractivity contribution is 0.0332. The summed E-state index contributed by atoms with van der Waals surface area (Å²) in [4.78, 5) is 2.42. The van der Waals surface area contributed by atoms with Crippen molar-refractivity contribution in [3.8, 4) is 5.75 Å². The third kappa shape index (κ3) is 3.57. The average molecular weight is 327 g/mol. The summed E-state index contributed by atoms with van der Waals surface area (Å²) in [7, 11) is 0. The summed E-state index contributed by atoms with van der Waals surface area (Å²) in [6.07, 6.45) is 2.53. The summed E-state index contributed by atoms with van der Waals surface area (Å²) in [5, 5.41) is 0. The second kappa shape index (κ2) is 6.00. The van der Waals surface area contributed by atoms with Crippen LogP contribution in [0.3, 0.4) is 0 Å². The number of ether oxygens (including phenoxy) is 1. The lowest BCUT2D eigenvalue weighted by Gasteiger charge is -2.48. The maximum atomic E-state index is 13.3. The molecule has 122 valence electrons. The summed E-state index contributed by atoms with van der Waals surface area (Å²) in [5.74, 6) is 1.30. The van der Waals surface area contributed by atoms with Crippen LogP contribution in [0.5, 0.6) is 5.75 Å². The molecule has 0 amide bonds. The van der Waals surface area contributed by atoms with Gasteiger partial charge in [-0.25, -0.2) is 8.78 Å². The smallest absolute Gasteiger partial charge is 0.162 e. The first-order chi connectivity index (χ1) is 10.4. The molecule has 5 heteroatoms. The Morgan fingerprint density at radius 1 is 1.18 bits per heavy atom. The number of benzene rings is 1. The van der Waals surface area contributed by atoms with Crippen LogP contribution in [0.4, 0.5) is 8.78 Å². The highest BCUT2D eigenvalue weighted by atomic mass is 32.2. The third-order valence-electron chi connectivity index (χ3n) is 4.62. The molecule has 0 bridgehead atoms. The molecule has 2 aliphatic heterocycles. The van der Waals surface area contributed by atoms with Crippen molar-refractivity contribution in [3.63, 3.8) is 0 Å². The van der Waals surface area contributed by atoms with Crippen LogP contribution in [-0.2, 0) is 0 Å². The first kappa shape index (κ1) is 16.1. The minimum absolute atomic E-state index is 0.382. The van der Waals surface area contributed by atoms with Crippen molar-refractivity contribution in [2.75, 3.05) is 31.1 Å². The zero-order valence-corrected chi connectivity index (χ0v) is 14.0. The highest BCUT2D eigenvalue weighted by Gasteiger charge is 2.41. The fourth-order valence-electron chi connectivity index (χ4n) is 3.30. The van der Waals surface area contributed by atoms with Gasteiger partial charge in [0.1, 0.15) is 11.4 Å². The molecule has 0 saturated carbocycles. The van der Waals surface area contributed by atoms with Crippen molar-refractivity contribution in [2.24, 2.45) is 5.41 Å². The molecule has 0 atom stereocenters. The predicted octanol–water partition coefficient (Wildman–Crippen LogP) is 3.95. The van der Waals surface area contributed by atoms with Crippen molar-refractivity contribution in [2.45, 2.75) is 32.3 Å². The normalized spacial score (nSPS) is 21.6. The molecule has 2 fully saturated rings. The van der Waals surface area contributed by atoms with Gasteiger partial charge in [-0.05, 0) is 68.8 Å². The Bertz CT molecular complexity index is 535. The van der Waals surface area contributed by atoms with E-state index in [0.29, 0.717) is 11.2 Å². The van der Waals surface area contributed by atoms with Crippen molar-refractivity contribution in [1.82, 2.24) is 4.90 Å². The van der Waals surface area contributed by atoms with Crippen molar-refractivity contribution in [3.05, 3.63) is 29.8 Å². The molecule has 0 aromatic heterocycles. The summed E-state index contributed by atoms with van der Waals surface area (Å²) < 4.78 is 32.1. The van der Waals surface area contributed by atoms with Gasteiger partial charge < -0.3 is 4.74 Å². The van der Waals surface area contributed by atoms with Gasteiger partial charge in [-0.3, -0.25) is 4.90 Å². The number of piperidine rings is 1. The zero-order valence-electron chi connectivity index (χ0n) is 13.2. The maximum absolute atomic E-state index is 13.3. The van der Waals surface area contributed by atoms with Gasteiger partial charge in [-0.2, -0.15) is 11.8 Å². The molecule has 2 saturated heterocycles. The molecular formula is C17H23F2NOS. The molecule has 0 aliphatic carbocycles.